The van der Waals surface area contributed by atoms with E-state index in [2.05, 4.69) is 5.32 Å². The van der Waals surface area contributed by atoms with Gasteiger partial charge in [0.2, 0.25) is 0 Å². The van der Waals surface area contributed by atoms with E-state index in [-0.39, 0.29) is 16.5 Å². The van der Waals surface area contributed by atoms with Gasteiger partial charge in [0.1, 0.15) is 0 Å². The van der Waals surface area contributed by atoms with Gasteiger partial charge in [0, 0.05) is 23.4 Å². The minimum absolute atomic E-state index is 0.222. The van der Waals surface area contributed by atoms with Crippen LogP contribution >= 0.6 is 0 Å². The standard InChI is InChI=1S/C13H11N3O2/c14-16(18)12-8-4-5-10(9-12)13(17)15-11-6-2-1-3-7-11/h1-9H,(H2-,14,15,17,18)/p+1. The second kappa shape index (κ2) is 5.09. The molecule has 0 saturated heterocycles. The summed E-state index contributed by atoms with van der Waals surface area (Å²) in [6, 6.07) is 15.3. The monoisotopic (exact) mass is 242 g/mol. The number of benzene rings is 2. The average molecular weight is 242 g/mol. The number of carbonyl (C=O) groups excluding carboxylic acids is 1. The number of rotatable bonds is 3. The number of nitrogens with two attached hydrogens (primary N) is 1. The zero-order valence-corrected chi connectivity index (χ0v) is 9.54. The number of amides is 1. The molecule has 0 spiro atoms. The molecule has 0 atom stereocenters. The smallest absolute Gasteiger partial charge is 0.292 e. The summed E-state index contributed by atoms with van der Waals surface area (Å²) >= 11 is 0. The quantitative estimate of drug-likeness (QED) is 0.492. The zero-order valence-electron chi connectivity index (χ0n) is 9.54. The fourth-order valence-electron chi connectivity index (χ4n) is 1.51. The van der Waals surface area contributed by atoms with Crippen LogP contribution in [0.4, 0.5) is 11.4 Å². The fraction of sp³-hybridized carbons (Fsp3) is 0. The van der Waals surface area contributed by atoms with Crippen LogP contribution in [0.1, 0.15) is 10.4 Å². The van der Waals surface area contributed by atoms with Gasteiger partial charge in [-0.05, 0) is 18.2 Å². The molecule has 90 valence electrons. The second-order valence-electron chi connectivity index (χ2n) is 3.70. The van der Waals surface area contributed by atoms with E-state index in [1.54, 1.807) is 24.3 Å². The van der Waals surface area contributed by atoms with Crippen molar-refractivity contribution in [3.05, 3.63) is 65.1 Å². The molecule has 18 heavy (non-hydrogen) atoms. The van der Waals surface area contributed by atoms with Crippen LogP contribution in [0.25, 0.3) is 0 Å². The molecular weight excluding hydrogens is 230 g/mol. The summed E-state index contributed by atoms with van der Waals surface area (Å²) in [4.78, 5) is 23.1. The van der Waals surface area contributed by atoms with Gasteiger partial charge in [-0.3, -0.25) is 4.79 Å². The Kier molecular flexibility index (Phi) is 3.33. The number of hydrogen-bond donors (Lipinski definition) is 2. The number of anilines is 1. The third-order valence-corrected chi connectivity index (χ3v) is 2.39. The van der Waals surface area contributed by atoms with Gasteiger partial charge in [0.15, 0.2) is 4.87 Å². The summed E-state index contributed by atoms with van der Waals surface area (Å²) in [5.74, 6) is 4.79. The van der Waals surface area contributed by atoms with Crippen LogP contribution in [0.15, 0.2) is 54.6 Å². The van der Waals surface area contributed by atoms with Crippen molar-refractivity contribution in [1.29, 1.82) is 0 Å². The molecule has 0 bridgehead atoms. The van der Waals surface area contributed by atoms with Crippen LogP contribution in [0.2, 0.25) is 0 Å². The Morgan fingerprint density at radius 2 is 1.78 bits per heavy atom. The van der Waals surface area contributed by atoms with Crippen LogP contribution in [0, 0.1) is 4.91 Å². The lowest BCUT2D eigenvalue weighted by atomic mass is 10.2. The van der Waals surface area contributed by atoms with Crippen LogP contribution in [0.5, 0.6) is 0 Å². The van der Waals surface area contributed by atoms with Gasteiger partial charge in [-0.25, -0.2) is 0 Å². The molecule has 0 aliphatic heterocycles. The number of nitrogens with one attached hydrogen (secondary N) is 1. The Morgan fingerprint density at radius 3 is 2.44 bits per heavy atom. The SMILES string of the molecule is N[N+](=O)c1cccc(C(=O)Nc2ccccc2)c1. The Hall–Kier alpha value is -2.69. The average Bonchev–Trinajstić information content (AvgIpc) is 2.40. The van der Waals surface area contributed by atoms with Crippen molar-refractivity contribution in [2.75, 3.05) is 5.32 Å². The van der Waals surface area contributed by atoms with E-state index in [0.717, 1.165) is 0 Å². The highest BCUT2D eigenvalue weighted by atomic mass is 16.3. The Balaban J connectivity index is 2.19. The summed E-state index contributed by atoms with van der Waals surface area (Å²) in [5.41, 5.74) is 1.30. The molecular formula is C13H12N3O2+. The van der Waals surface area contributed by atoms with Crippen molar-refractivity contribution >= 4 is 17.3 Å². The molecule has 2 rings (SSSR count). The molecule has 0 aliphatic carbocycles. The van der Waals surface area contributed by atoms with Crippen LogP contribution < -0.4 is 11.2 Å². The summed E-state index contributed by atoms with van der Waals surface area (Å²) in [5, 5.41) is 2.72. The van der Waals surface area contributed by atoms with Gasteiger partial charge >= 0.3 is 0 Å². The van der Waals surface area contributed by atoms with E-state index in [4.69, 9.17) is 5.84 Å². The van der Waals surface area contributed by atoms with Gasteiger partial charge in [-0.2, -0.15) is 5.84 Å². The summed E-state index contributed by atoms with van der Waals surface area (Å²) in [6.07, 6.45) is 0. The van der Waals surface area contributed by atoms with E-state index < -0.39 is 0 Å². The van der Waals surface area contributed by atoms with Crippen LogP contribution in [-0.2, 0) is 0 Å². The fourth-order valence-corrected chi connectivity index (χ4v) is 1.51. The molecule has 3 N–H and O–H groups in total. The third-order valence-electron chi connectivity index (χ3n) is 2.39. The number of carbonyl (C=O) groups is 1. The molecule has 0 unspecified atom stereocenters. The number of nitroso groups, excluding NO2 is 1. The van der Waals surface area contributed by atoms with Crippen molar-refractivity contribution in [2.45, 2.75) is 0 Å². The first-order chi connectivity index (χ1) is 8.66. The zero-order chi connectivity index (χ0) is 13.0. The largest absolute Gasteiger partial charge is 0.322 e. The molecule has 5 nitrogen and oxygen atoms in total. The predicted molar refractivity (Wildman–Crippen MR) is 68.3 cm³/mol. The van der Waals surface area contributed by atoms with Crippen LogP contribution in [0.3, 0.4) is 0 Å². The maximum absolute atomic E-state index is 11.9. The number of nitrogens with zero attached hydrogens (tertiary/aromatic N) is 1. The summed E-state index contributed by atoms with van der Waals surface area (Å²) < 4.78 is 0. The lowest BCUT2D eigenvalue weighted by Crippen LogP contribution is -2.13. The first-order valence-corrected chi connectivity index (χ1v) is 5.35. The Morgan fingerprint density at radius 1 is 1.06 bits per heavy atom. The van der Waals surface area contributed by atoms with E-state index >= 15 is 0 Å². The first-order valence-electron chi connectivity index (χ1n) is 5.35. The van der Waals surface area contributed by atoms with E-state index in [1.807, 2.05) is 18.2 Å². The normalized spacial score (nSPS) is 9.78. The maximum Gasteiger partial charge on any atom is 0.292 e. The van der Waals surface area contributed by atoms with E-state index in [9.17, 15) is 9.70 Å². The molecule has 0 radical (unpaired) electrons. The molecule has 2 aromatic rings. The molecule has 0 fully saturated rings. The highest BCUT2D eigenvalue weighted by Crippen LogP contribution is 2.14. The number of hydrogen-bond acceptors (Lipinski definition) is 2. The number of hydrazine groups is 1. The molecule has 0 aliphatic rings. The van der Waals surface area contributed by atoms with E-state index in [1.165, 1.54) is 12.1 Å². The minimum Gasteiger partial charge on any atom is -0.322 e. The molecule has 2 aromatic carbocycles. The lowest BCUT2D eigenvalue weighted by molar-refractivity contribution is -0.474. The molecule has 0 saturated carbocycles. The molecule has 1 amide bonds. The Labute approximate surface area is 104 Å². The van der Waals surface area contributed by atoms with Gasteiger partial charge in [-0.15, -0.1) is 0 Å². The maximum atomic E-state index is 11.9. The van der Waals surface area contributed by atoms with Crippen LogP contribution in [-0.4, -0.2) is 10.8 Å². The molecule has 0 aromatic heterocycles. The first kappa shape index (κ1) is 11.8. The van der Waals surface area contributed by atoms with Gasteiger partial charge in [-0.1, -0.05) is 24.3 Å². The lowest BCUT2D eigenvalue weighted by Gasteiger charge is -2.04. The summed E-state index contributed by atoms with van der Waals surface area (Å²) in [6.45, 7) is 0. The highest BCUT2D eigenvalue weighted by Gasteiger charge is 2.13. The predicted octanol–water partition coefficient (Wildman–Crippen LogP) is 2.22. The van der Waals surface area contributed by atoms with Gasteiger partial charge in [0.25, 0.3) is 11.6 Å². The summed E-state index contributed by atoms with van der Waals surface area (Å²) in [7, 11) is 0. The van der Waals surface area contributed by atoms with Gasteiger partial charge in [0.05, 0.1) is 4.91 Å². The van der Waals surface area contributed by atoms with Crippen molar-refractivity contribution < 1.29 is 9.66 Å². The minimum atomic E-state index is -0.287. The van der Waals surface area contributed by atoms with Gasteiger partial charge < -0.3 is 5.32 Å². The third kappa shape index (κ3) is 2.70. The van der Waals surface area contributed by atoms with Crippen molar-refractivity contribution in [3.8, 4) is 0 Å². The molecule has 5 heteroatoms. The van der Waals surface area contributed by atoms with Crippen molar-refractivity contribution in [2.24, 2.45) is 5.84 Å². The van der Waals surface area contributed by atoms with Crippen molar-refractivity contribution in [1.82, 2.24) is 0 Å². The van der Waals surface area contributed by atoms with Crippen molar-refractivity contribution in [3.63, 3.8) is 0 Å². The highest BCUT2D eigenvalue weighted by molar-refractivity contribution is 6.04. The Bertz CT molecular complexity index is 582. The second-order valence-corrected chi connectivity index (χ2v) is 3.70. The topological polar surface area (TPSA) is 75.2 Å². The van der Waals surface area contributed by atoms with E-state index in [0.29, 0.717) is 11.3 Å². The molecule has 0 heterocycles. The number of para-hydroxylation sites is 1.